The molecule has 0 unspecified atom stereocenters. The third-order valence-corrected chi connectivity index (χ3v) is 1.42. The van der Waals surface area contributed by atoms with Crippen LogP contribution in [-0.2, 0) is 0 Å². The summed E-state index contributed by atoms with van der Waals surface area (Å²) in [6, 6.07) is 1.69. The molecule has 2 aromatic rings. The number of rotatable bonds is 0. The van der Waals surface area contributed by atoms with Gasteiger partial charge in [0.25, 0.3) is 0 Å². The van der Waals surface area contributed by atoms with Crippen LogP contribution in [0.2, 0.25) is 0 Å². The largest absolute Gasteiger partial charge is 0.503 e. The Morgan fingerprint density at radius 3 is 3.10 bits per heavy atom. The number of hydrogen-bond donors (Lipinski definition) is 2. The molecule has 2 aromatic heterocycles. The number of hydrogen-bond acceptors (Lipinski definition) is 3. The van der Waals surface area contributed by atoms with E-state index in [1.54, 1.807) is 12.3 Å². The van der Waals surface area contributed by atoms with Gasteiger partial charge in [-0.1, -0.05) is 0 Å². The zero-order chi connectivity index (χ0) is 7.14. The average Bonchev–Trinajstić information content (AvgIpc) is 2.40. The van der Waals surface area contributed by atoms with Gasteiger partial charge < -0.3 is 15.4 Å². The van der Waals surface area contributed by atoms with E-state index < -0.39 is 0 Å². The van der Waals surface area contributed by atoms with E-state index in [-0.39, 0.29) is 5.75 Å². The van der Waals surface area contributed by atoms with Gasteiger partial charge in [-0.2, -0.15) is 0 Å². The van der Waals surface area contributed by atoms with E-state index in [1.807, 2.05) is 0 Å². The summed E-state index contributed by atoms with van der Waals surface area (Å²) in [7, 11) is 0. The van der Waals surface area contributed by atoms with E-state index in [0.29, 0.717) is 11.1 Å². The van der Waals surface area contributed by atoms with Gasteiger partial charge in [0.15, 0.2) is 11.3 Å². The van der Waals surface area contributed by atoms with Gasteiger partial charge in [0.05, 0.1) is 0 Å². The molecule has 0 aliphatic carbocycles. The molecule has 0 amide bonds. The minimum atomic E-state index is 0.0718. The van der Waals surface area contributed by atoms with E-state index >= 15 is 0 Å². The number of nitrogen functional groups attached to an aromatic ring is 1. The molecule has 0 saturated carbocycles. The minimum absolute atomic E-state index is 0.0718. The van der Waals surface area contributed by atoms with Crippen LogP contribution in [0.3, 0.4) is 0 Å². The van der Waals surface area contributed by atoms with Gasteiger partial charge in [-0.25, -0.2) is 0 Å². The summed E-state index contributed by atoms with van der Waals surface area (Å²) in [5.41, 5.74) is 1.13. The lowest BCUT2D eigenvalue weighted by molar-refractivity contribution is 0.462. The highest BCUT2D eigenvalue weighted by Crippen LogP contribution is 2.25. The molecule has 0 saturated heterocycles. The summed E-state index contributed by atoms with van der Waals surface area (Å²) in [5.74, 6) is 5.49. The van der Waals surface area contributed by atoms with Crippen LogP contribution in [0.5, 0.6) is 5.75 Å². The zero-order valence-electron chi connectivity index (χ0n) is 5.11. The first-order valence-electron chi connectivity index (χ1n) is 2.81. The maximum atomic E-state index is 9.09. The number of fused-ring (bicyclic) bond motifs is 1. The molecule has 52 valence electrons. The lowest BCUT2D eigenvalue weighted by Gasteiger charge is -1.89. The highest BCUT2D eigenvalue weighted by atomic mass is 16.4. The average molecular weight is 138 g/mol. The Bertz CT molecular complexity index is 329. The van der Waals surface area contributed by atoms with Crippen LogP contribution in [-0.4, -0.2) is 9.78 Å². The van der Waals surface area contributed by atoms with Gasteiger partial charge in [-0.3, -0.25) is 4.68 Å². The standard InChI is InChI=1S/C6H6N2O2/c7-8-2-1-5-6(8)4(9)3-10-5/h1-3,9H,7H2. The normalized spacial score (nSPS) is 10.8. The van der Waals surface area contributed by atoms with Crippen molar-refractivity contribution in [3.8, 4) is 5.75 Å². The van der Waals surface area contributed by atoms with Crippen LogP contribution >= 0.6 is 0 Å². The molecule has 0 aliphatic heterocycles. The molecule has 4 heteroatoms. The fraction of sp³-hybridized carbons (Fsp3) is 0. The van der Waals surface area contributed by atoms with Crippen LogP contribution in [0.1, 0.15) is 0 Å². The van der Waals surface area contributed by atoms with Crippen LogP contribution in [0.4, 0.5) is 0 Å². The molecule has 0 spiro atoms. The number of nitrogens with two attached hydrogens (primary N) is 1. The third kappa shape index (κ3) is 0.452. The quantitative estimate of drug-likeness (QED) is 0.525. The monoisotopic (exact) mass is 138 g/mol. The smallest absolute Gasteiger partial charge is 0.180 e. The van der Waals surface area contributed by atoms with Crippen LogP contribution < -0.4 is 5.84 Å². The van der Waals surface area contributed by atoms with Crippen molar-refractivity contribution < 1.29 is 9.52 Å². The fourth-order valence-electron chi connectivity index (χ4n) is 0.957. The molecule has 4 nitrogen and oxygen atoms in total. The summed E-state index contributed by atoms with van der Waals surface area (Å²) in [6.45, 7) is 0. The molecule has 2 heterocycles. The number of nitrogens with zero attached hydrogens (tertiary/aromatic N) is 1. The third-order valence-electron chi connectivity index (χ3n) is 1.42. The Balaban J connectivity index is 2.98. The Labute approximate surface area is 56.4 Å². The van der Waals surface area contributed by atoms with Gasteiger partial charge in [-0.15, -0.1) is 0 Å². The molecule has 10 heavy (non-hydrogen) atoms. The Morgan fingerprint density at radius 2 is 2.40 bits per heavy atom. The first-order chi connectivity index (χ1) is 4.79. The lowest BCUT2D eigenvalue weighted by Crippen LogP contribution is -2.04. The van der Waals surface area contributed by atoms with E-state index in [1.165, 1.54) is 10.9 Å². The summed E-state index contributed by atoms with van der Waals surface area (Å²) in [6.07, 6.45) is 2.88. The molecule has 2 rings (SSSR count). The van der Waals surface area contributed by atoms with E-state index in [9.17, 15) is 0 Å². The van der Waals surface area contributed by atoms with Gasteiger partial charge in [-0.05, 0) is 0 Å². The molecule has 0 atom stereocenters. The van der Waals surface area contributed by atoms with Crippen molar-refractivity contribution in [3.63, 3.8) is 0 Å². The van der Waals surface area contributed by atoms with Crippen molar-refractivity contribution in [2.24, 2.45) is 0 Å². The molecule has 0 fully saturated rings. The molecule has 0 aromatic carbocycles. The van der Waals surface area contributed by atoms with E-state index in [4.69, 9.17) is 15.4 Å². The summed E-state index contributed by atoms with van der Waals surface area (Å²) < 4.78 is 6.23. The Hall–Kier alpha value is -1.58. The second-order valence-corrected chi connectivity index (χ2v) is 2.06. The minimum Gasteiger partial charge on any atom is -0.503 e. The first kappa shape index (κ1) is 5.22. The Morgan fingerprint density at radius 1 is 1.60 bits per heavy atom. The first-order valence-corrected chi connectivity index (χ1v) is 2.81. The maximum Gasteiger partial charge on any atom is 0.180 e. The van der Waals surface area contributed by atoms with Gasteiger partial charge in [0.2, 0.25) is 0 Å². The molecule has 0 radical (unpaired) electrons. The van der Waals surface area contributed by atoms with Crippen molar-refractivity contribution in [3.05, 3.63) is 18.5 Å². The molecule has 0 bridgehead atoms. The van der Waals surface area contributed by atoms with E-state index in [2.05, 4.69) is 0 Å². The SMILES string of the molecule is Nn1ccc2occ(O)c21. The zero-order valence-corrected chi connectivity index (χ0v) is 5.11. The van der Waals surface area contributed by atoms with Crippen molar-refractivity contribution >= 4 is 11.1 Å². The number of furan rings is 1. The topological polar surface area (TPSA) is 64.3 Å². The number of aromatic nitrogens is 1. The van der Waals surface area contributed by atoms with Crippen LogP contribution in [0.25, 0.3) is 11.1 Å². The van der Waals surface area contributed by atoms with Crippen molar-refractivity contribution in [2.75, 3.05) is 5.84 Å². The fourth-order valence-corrected chi connectivity index (χ4v) is 0.957. The van der Waals surface area contributed by atoms with Gasteiger partial charge in [0, 0.05) is 12.3 Å². The summed E-state index contributed by atoms with van der Waals surface area (Å²) >= 11 is 0. The molecule has 3 N–H and O–H groups in total. The lowest BCUT2D eigenvalue weighted by atomic mass is 10.5. The summed E-state index contributed by atoms with van der Waals surface area (Å²) in [4.78, 5) is 0. The highest BCUT2D eigenvalue weighted by molar-refractivity contribution is 5.80. The maximum absolute atomic E-state index is 9.09. The number of aromatic hydroxyl groups is 1. The molecular weight excluding hydrogens is 132 g/mol. The van der Waals surface area contributed by atoms with Gasteiger partial charge >= 0.3 is 0 Å². The second-order valence-electron chi connectivity index (χ2n) is 2.06. The Kier molecular flexibility index (Phi) is 0.768. The van der Waals surface area contributed by atoms with E-state index in [0.717, 1.165) is 0 Å². The van der Waals surface area contributed by atoms with Crippen molar-refractivity contribution in [2.45, 2.75) is 0 Å². The van der Waals surface area contributed by atoms with Crippen LogP contribution in [0.15, 0.2) is 22.9 Å². The molecule has 0 aliphatic rings. The molecular formula is C6H6N2O2. The second kappa shape index (κ2) is 1.47. The van der Waals surface area contributed by atoms with Crippen molar-refractivity contribution in [1.82, 2.24) is 4.68 Å². The predicted molar refractivity (Wildman–Crippen MR) is 36.0 cm³/mol. The summed E-state index contributed by atoms with van der Waals surface area (Å²) in [5, 5.41) is 9.09. The van der Waals surface area contributed by atoms with Crippen LogP contribution in [0, 0.1) is 0 Å². The highest BCUT2D eigenvalue weighted by Gasteiger charge is 2.06. The van der Waals surface area contributed by atoms with Gasteiger partial charge in [0.1, 0.15) is 11.8 Å². The predicted octanol–water partition coefficient (Wildman–Crippen LogP) is 0.654. The van der Waals surface area contributed by atoms with Crippen molar-refractivity contribution in [1.29, 1.82) is 0 Å².